The number of ether oxygens (including phenoxy) is 1. The highest BCUT2D eigenvalue weighted by Gasteiger charge is 2.31. The van der Waals surface area contributed by atoms with Crippen LogP contribution in [-0.4, -0.2) is 35.8 Å². The van der Waals surface area contributed by atoms with Crippen LogP contribution in [0.3, 0.4) is 0 Å². The van der Waals surface area contributed by atoms with Gasteiger partial charge in [0.1, 0.15) is 6.33 Å². The third kappa shape index (κ3) is 4.53. The Labute approximate surface area is 174 Å². The molecule has 2 aliphatic heterocycles. The molecule has 2 aromatic rings. The minimum absolute atomic E-state index is 0.0274. The van der Waals surface area contributed by atoms with Crippen LogP contribution in [0.25, 0.3) is 0 Å². The Bertz CT molecular complexity index is 850. The van der Waals surface area contributed by atoms with Crippen molar-refractivity contribution < 1.29 is 17.9 Å². The highest BCUT2D eigenvalue weighted by molar-refractivity contribution is 5.53. The van der Waals surface area contributed by atoms with Gasteiger partial charge in [0.05, 0.1) is 12.1 Å². The third-order valence-corrected chi connectivity index (χ3v) is 5.87. The maximum Gasteiger partial charge on any atom is 0.270 e. The lowest BCUT2D eigenvalue weighted by Crippen LogP contribution is -2.28. The van der Waals surface area contributed by atoms with Gasteiger partial charge in [0.25, 0.3) is 5.92 Å². The Morgan fingerprint density at radius 2 is 1.93 bits per heavy atom. The maximum atomic E-state index is 15.2. The molecule has 30 heavy (non-hydrogen) atoms. The molecule has 1 N–H and O–H groups in total. The zero-order valence-electron chi connectivity index (χ0n) is 17.1. The predicted octanol–water partition coefficient (Wildman–Crippen LogP) is 5.05. The van der Waals surface area contributed by atoms with Crippen molar-refractivity contribution in [1.29, 1.82) is 0 Å². The Balaban J connectivity index is 1.51. The quantitative estimate of drug-likeness (QED) is 0.709. The maximum absolute atomic E-state index is 15.2. The van der Waals surface area contributed by atoms with Crippen LogP contribution in [0.2, 0.25) is 0 Å². The molecule has 0 spiro atoms. The van der Waals surface area contributed by atoms with E-state index in [0.717, 1.165) is 51.2 Å². The Kier molecular flexibility index (Phi) is 6.13. The van der Waals surface area contributed by atoms with E-state index in [1.165, 1.54) is 18.5 Å². The van der Waals surface area contributed by atoms with Gasteiger partial charge in [-0.05, 0) is 37.7 Å². The van der Waals surface area contributed by atoms with Crippen molar-refractivity contribution in [3.8, 4) is 0 Å². The van der Waals surface area contributed by atoms with E-state index in [9.17, 15) is 8.78 Å². The Morgan fingerprint density at radius 3 is 2.63 bits per heavy atom. The molecule has 1 aromatic carbocycles. The normalized spacial score (nSPS) is 22.3. The summed E-state index contributed by atoms with van der Waals surface area (Å²) in [6, 6.07) is 6.19. The summed E-state index contributed by atoms with van der Waals surface area (Å²) in [5, 5.41) is 3.06. The van der Waals surface area contributed by atoms with Gasteiger partial charge in [0.2, 0.25) is 5.82 Å². The fourth-order valence-corrected chi connectivity index (χ4v) is 4.23. The summed E-state index contributed by atoms with van der Waals surface area (Å²) in [5.41, 5.74) is 0.851. The minimum atomic E-state index is -2.88. The van der Waals surface area contributed by atoms with Crippen molar-refractivity contribution in [1.82, 2.24) is 9.97 Å². The Hall–Kier alpha value is -2.35. The number of halogens is 3. The van der Waals surface area contributed by atoms with E-state index in [4.69, 9.17) is 4.74 Å². The van der Waals surface area contributed by atoms with Gasteiger partial charge in [-0.3, -0.25) is 0 Å². The summed E-state index contributed by atoms with van der Waals surface area (Å²) in [7, 11) is 0. The topological polar surface area (TPSA) is 50.3 Å². The summed E-state index contributed by atoms with van der Waals surface area (Å²) in [6.45, 7) is 2.77. The van der Waals surface area contributed by atoms with Crippen LogP contribution in [0.15, 0.2) is 30.6 Å². The van der Waals surface area contributed by atoms with Gasteiger partial charge in [-0.2, -0.15) is 4.39 Å². The molecule has 8 heteroatoms. The first-order valence-electron chi connectivity index (χ1n) is 10.5. The predicted molar refractivity (Wildman–Crippen MR) is 109 cm³/mol. The molecule has 2 saturated heterocycles. The van der Waals surface area contributed by atoms with E-state index in [-0.39, 0.29) is 29.3 Å². The lowest BCUT2D eigenvalue weighted by molar-refractivity contribution is 0.0174. The van der Waals surface area contributed by atoms with E-state index in [0.29, 0.717) is 13.1 Å². The van der Waals surface area contributed by atoms with E-state index in [1.54, 1.807) is 12.1 Å². The Morgan fingerprint density at radius 1 is 1.13 bits per heavy atom. The zero-order valence-corrected chi connectivity index (χ0v) is 17.1. The summed E-state index contributed by atoms with van der Waals surface area (Å²) in [6.07, 6.45) is 6.23. The van der Waals surface area contributed by atoms with Crippen LogP contribution in [0.4, 0.5) is 24.8 Å². The molecular weight excluding hydrogens is 393 g/mol. The molecule has 1 aromatic heterocycles. The molecule has 0 saturated carbocycles. The number of anilines is 2. The van der Waals surface area contributed by atoms with Crippen LogP contribution in [0.5, 0.6) is 0 Å². The molecule has 2 aliphatic rings. The monoisotopic (exact) mass is 420 g/mol. The van der Waals surface area contributed by atoms with Gasteiger partial charge in [0, 0.05) is 32.2 Å². The van der Waals surface area contributed by atoms with Crippen molar-refractivity contribution in [2.75, 3.05) is 29.9 Å². The second-order valence-corrected chi connectivity index (χ2v) is 8.09. The van der Waals surface area contributed by atoms with E-state index in [1.807, 2.05) is 4.90 Å². The highest BCUT2D eigenvalue weighted by atomic mass is 19.3. The fraction of sp³-hybridized carbons (Fsp3) is 0.545. The largest absolute Gasteiger partial charge is 0.376 e. The molecule has 0 aliphatic carbocycles. The molecular formula is C22H27F3N4O. The van der Waals surface area contributed by atoms with E-state index < -0.39 is 11.7 Å². The van der Waals surface area contributed by atoms with Crippen LogP contribution in [0, 0.1) is 5.82 Å². The van der Waals surface area contributed by atoms with E-state index >= 15 is 4.39 Å². The van der Waals surface area contributed by atoms with Crippen LogP contribution >= 0.6 is 0 Å². The second-order valence-electron chi connectivity index (χ2n) is 8.09. The van der Waals surface area contributed by atoms with Crippen molar-refractivity contribution >= 4 is 11.6 Å². The molecule has 0 radical (unpaired) electrons. The van der Waals surface area contributed by atoms with Gasteiger partial charge in [-0.25, -0.2) is 18.7 Å². The fourth-order valence-electron chi connectivity index (χ4n) is 4.23. The first-order chi connectivity index (χ1) is 14.4. The van der Waals surface area contributed by atoms with Gasteiger partial charge < -0.3 is 15.0 Å². The molecule has 2 atom stereocenters. The van der Waals surface area contributed by atoms with Crippen molar-refractivity contribution in [3.63, 3.8) is 0 Å². The zero-order chi connectivity index (χ0) is 21.1. The van der Waals surface area contributed by atoms with Gasteiger partial charge in [-0.1, -0.05) is 24.3 Å². The van der Waals surface area contributed by atoms with Crippen molar-refractivity contribution in [2.24, 2.45) is 0 Å². The van der Waals surface area contributed by atoms with Gasteiger partial charge in [-0.15, -0.1) is 0 Å². The third-order valence-electron chi connectivity index (χ3n) is 5.87. The smallest absolute Gasteiger partial charge is 0.270 e. The molecule has 3 heterocycles. The lowest BCUT2D eigenvalue weighted by atomic mass is 10.0. The number of hydrogen-bond acceptors (Lipinski definition) is 5. The molecule has 5 nitrogen and oxygen atoms in total. The molecule has 0 bridgehead atoms. The second kappa shape index (κ2) is 8.79. The molecule has 2 unspecified atom stereocenters. The standard InChI is InChI=1S/C22H27F3N4O/c1-22(24,25)16-9-7-15(8-10-16)18-6-4-11-29(18)21-19(23)20(27-14-28-21)26-13-17-5-2-3-12-30-17/h7-10,14,17-18H,2-6,11-13H2,1H3,(H,26,27,28). The summed E-state index contributed by atoms with van der Waals surface area (Å²) < 4.78 is 47.9. The molecule has 0 amide bonds. The lowest BCUT2D eigenvalue weighted by Gasteiger charge is -2.27. The number of nitrogens with one attached hydrogen (secondary N) is 1. The molecule has 2 fully saturated rings. The summed E-state index contributed by atoms with van der Waals surface area (Å²) in [4.78, 5) is 10.2. The number of nitrogens with zero attached hydrogens (tertiary/aromatic N) is 3. The molecule has 162 valence electrons. The summed E-state index contributed by atoms with van der Waals surface area (Å²) in [5.74, 6) is -2.96. The number of benzene rings is 1. The average Bonchev–Trinajstić information content (AvgIpc) is 3.23. The first-order valence-corrected chi connectivity index (χ1v) is 10.5. The van der Waals surface area contributed by atoms with Crippen molar-refractivity contribution in [2.45, 2.75) is 57.1 Å². The SMILES string of the molecule is CC(F)(F)c1ccc(C2CCCN2c2ncnc(NCC3CCCCO3)c2F)cc1. The first kappa shape index (κ1) is 20.9. The highest BCUT2D eigenvalue weighted by Crippen LogP contribution is 2.38. The van der Waals surface area contributed by atoms with E-state index in [2.05, 4.69) is 15.3 Å². The van der Waals surface area contributed by atoms with Gasteiger partial charge >= 0.3 is 0 Å². The number of aromatic nitrogens is 2. The van der Waals surface area contributed by atoms with Crippen LogP contribution in [0.1, 0.15) is 56.2 Å². The number of rotatable bonds is 6. The summed E-state index contributed by atoms with van der Waals surface area (Å²) >= 11 is 0. The van der Waals surface area contributed by atoms with Crippen LogP contribution < -0.4 is 10.2 Å². The minimum Gasteiger partial charge on any atom is -0.376 e. The van der Waals surface area contributed by atoms with Crippen LogP contribution in [-0.2, 0) is 10.7 Å². The van der Waals surface area contributed by atoms with Gasteiger partial charge in [0.15, 0.2) is 11.6 Å². The number of alkyl halides is 2. The molecule has 4 rings (SSSR count). The van der Waals surface area contributed by atoms with Crippen molar-refractivity contribution in [3.05, 3.63) is 47.5 Å². The average molecular weight is 420 g/mol. The number of hydrogen-bond donors (Lipinski definition) is 1.